The molecule has 0 aliphatic carbocycles. The van der Waals surface area contributed by atoms with Crippen LogP contribution in [0.3, 0.4) is 0 Å². The van der Waals surface area contributed by atoms with Gasteiger partial charge < -0.3 is 5.73 Å². The third kappa shape index (κ3) is 4.88. The smallest absolute Gasteiger partial charge is 0.0364 e. The van der Waals surface area contributed by atoms with E-state index in [0.717, 1.165) is 25.9 Å². The Morgan fingerprint density at radius 3 is 2.41 bits per heavy atom. The van der Waals surface area contributed by atoms with Crippen molar-refractivity contribution in [3.63, 3.8) is 0 Å². The van der Waals surface area contributed by atoms with Crippen LogP contribution in [0.25, 0.3) is 0 Å². The Morgan fingerprint density at radius 1 is 1.24 bits per heavy atom. The highest BCUT2D eigenvalue weighted by molar-refractivity contribution is 5.15. The summed E-state index contributed by atoms with van der Waals surface area (Å²) in [4.78, 5) is 2.41. The van der Waals surface area contributed by atoms with Crippen molar-refractivity contribution in [1.82, 2.24) is 4.90 Å². The molecule has 1 aromatic rings. The molecule has 0 aromatic heterocycles. The number of benzene rings is 1. The SMILES string of the molecule is CC[C](C)N(Cc1ccccc1)C[C@@H](N)CC. The minimum Gasteiger partial charge on any atom is -0.327 e. The molecule has 2 N–H and O–H groups in total. The van der Waals surface area contributed by atoms with Crippen molar-refractivity contribution < 1.29 is 0 Å². The van der Waals surface area contributed by atoms with E-state index in [2.05, 4.69) is 56.0 Å². The Morgan fingerprint density at radius 2 is 1.88 bits per heavy atom. The van der Waals surface area contributed by atoms with Crippen LogP contribution in [0.15, 0.2) is 30.3 Å². The van der Waals surface area contributed by atoms with Crippen LogP contribution in [0.1, 0.15) is 39.2 Å². The molecule has 1 atom stereocenters. The molecule has 0 aliphatic rings. The summed E-state index contributed by atoms with van der Waals surface area (Å²) in [7, 11) is 0. The van der Waals surface area contributed by atoms with Gasteiger partial charge in [-0.15, -0.1) is 0 Å². The fraction of sp³-hybridized carbons (Fsp3) is 0.533. The first-order chi connectivity index (χ1) is 8.17. The van der Waals surface area contributed by atoms with Crippen molar-refractivity contribution in [3.05, 3.63) is 41.9 Å². The van der Waals surface area contributed by atoms with Gasteiger partial charge in [0.15, 0.2) is 0 Å². The molecule has 0 bridgehead atoms. The lowest BCUT2D eigenvalue weighted by atomic mass is 10.1. The highest BCUT2D eigenvalue weighted by atomic mass is 15.2. The van der Waals surface area contributed by atoms with Crippen molar-refractivity contribution in [3.8, 4) is 0 Å². The van der Waals surface area contributed by atoms with Gasteiger partial charge in [-0.1, -0.05) is 44.2 Å². The molecule has 0 heterocycles. The zero-order chi connectivity index (χ0) is 12.7. The first-order valence-electron chi connectivity index (χ1n) is 6.54. The first-order valence-corrected chi connectivity index (χ1v) is 6.54. The summed E-state index contributed by atoms with van der Waals surface area (Å²) in [5.41, 5.74) is 7.42. The predicted molar refractivity (Wildman–Crippen MR) is 74.3 cm³/mol. The van der Waals surface area contributed by atoms with E-state index in [1.165, 1.54) is 11.6 Å². The predicted octanol–water partition coefficient (Wildman–Crippen LogP) is 3.19. The van der Waals surface area contributed by atoms with Crippen molar-refractivity contribution in [2.75, 3.05) is 6.54 Å². The monoisotopic (exact) mass is 233 g/mol. The number of hydrogen-bond acceptors (Lipinski definition) is 2. The Labute approximate surface area is 106 Å². The van der Waals surface area contributed by atoms with Gasteiger partial charge in [-0.3, -0.25) is 4.90 Å². The molecule has 0 saturated carbocycles. The quantitative estimate of drug-likeness (QED) is 0.783. The molecule has 0 saturated heterocycles. The van der Waals surface area contributed by atoms with Gasteiger partial charge >= 0.3 is 0 Å². The Hall–Kier alpha value is -0.860. The van der Waals surface area contributed by atoms with Crippen LogP contribution in [0, 0.1) is 6.04 Å². The van der Waals surface area contributed by atoms with E-state index in [4.69, 9.17) is 5.73 Å². The molecule has 0 fully saturated rings. The first kappa shape index (κ1) is 14.2. The lowest BCUT2D eigenvalue weighted by molar-refractivity contribution is 0.252. The number of nitrogens with zero attached hydrogens (tertiary/aromatic N) is 1. The molecule has 1 rings (SSSR count). The van der Waals surface area contributed by atoms with Crippen LogP contribution in [-0.4, -0.2) is 17.5 Å². The van der Waals surface area contributed by atoms with Gasteiger partial charge in [-0.2, -0.15) is 0 Å². The molecular formula is C15H25N2. The maximum Gasteiger partial charge on any atom is 0.0364 e. The van der Waals surface area contributed by atoms with Crippen LogP contribution >= 0.6 is 0 Å². The molecule has 17 heavy (non-hydrogen) atoms. The minimum atomic E-state index is 0.264. The molecule has 0 amide bonds. The summed E-state index contributed by atoms with van der Waals surface area (Å²) in [6.45, 7) is 8.46. The van der Waals surface area contributed by atoms with Crippen LogP contribution in [0.2, 0.25) is 0 Å². The third-order valence-electron chi connectivity index (χ3n) is 3.25. The van der Waals surface area contributed by atoms with Crippen molar-refractivity contribution in [2.45, 2.75) is 46.2 Å². The van der Waals surface area contributed by atoms with E-state index < -0.39 is 0 Å². The second-order valence-corrected chi connectivity index (χ2v) is 4.62. The van der Waals surface area contributed by atoms with Gasteiger partial charge in [0, 0.05) is 25.2 Å². The van der Waals surface area contributed by atoms with Crippen LogP contribution in [0.4, 0.5) is 0 Å². The van der Waals surface area contributed by atoms with Crippen molar-refractivity contribution in [1.29, 1.82) is 0 Å². The zero-order valence-electron chi connectivity index (χ0n) is 11.3. The largest absolute Gasteiger partial charge is 0.327 e. The van der Waals surface area contributed by atoms with Crippen LogP contribution < -0.4 is 5.73 Å². The Bertz CT molecular complexity index is 297. The molecule has 95 valence electrons. The summed E-state index contributed by atoms with van der Waals surface area (Å²) in [6.07, 6.45) is 2.12. The molecule has 1 radical (unpaired) electrons. The summed E-state index contributed by atoms with van der Waals surface area (Å²) in [5, 5.41) is 0. The molecule has 1 aromatic carbocycles. The molecule has 0 spiro atoms. The summed E-state index contributed by atoms with van der Waals surface area (Å²) >= 11 is 0. The summed E-state index contributed by atoms with van der Waals surface area (Å²) < 4.78 is 0. The molecule has 2 heteroatoms. The maximum atomic E-state index is 6.07. The Kier molecular flexibility index (Phi) is 6.23. The standard InChI is InChI=1S/C15H25N2/c1-4-13(3)17(12-15(16)5-2)11-14-9-7-6-8-10-14/h6-10,15H,4-5,11-12,16H2,1-3H3/t15-/m0/s1. The van der Waals surface area contributed by atoms with Crippen LogP contribution in [-0.2, 0) is 6.54 Å². The zero-order valence-corrected chi connectivity index (χ0v) is 11.3. The normalized spacial score (nSPS) is 13.3. The molecule has 0 unspecified atom stereocenters. The van der Waals surface area contributed by atoms with Crippen molar-refractivity contribution >= 4 is 0 Å². The van der Waals surface area contributed by atoms with Gasteiger partial charge in [0.25, 0.3) is 0 Å². The van der Waals surface area contributed by atoms with Gasteiger partial charge in [-0.25, -0.2) is 0 Å². The number of nitrogens with two attached hydrogens (primary N) is 1. The lowest BCUT2D eigenvalue weighted by Gasteiger charge is -2.30. The highest BCUT2D eigenvalue weighted by Crippen LogP contribution is 2.16. The fourth-order valence-electron chi connectivity index (χ4n) is 1.79. The maximum absolute atomic E-state index is 6.07. The van der Waals surface area contributed by atoms with E-state index in [1.54, 1.807) is 0 Å². The Balaban J connectivity index is 2.63. The molecule has 2 nitrogen and oxygen atoms in total. The van der Waals surface area contributed by atoms with Gasteiger partial charge in [0.2, 0.25) is 0 Å². The highest BCUT2D eigenvalue weighted by Gasteiger charge is 2.15. The van der Waals surface area contributed by atoms with Gasteiger partial charge in [-0.05, 0) is 25.3 Å². The van der Waals surface area contributed by atoms with E-state index in [9.17, 15) is 0 Å². The molecular weight excluding hydrogens is 208 g/mol. The van der Waals surface area contributed by atoms with E-state index >= 15 is 0 Å². The minimum absolute atomic E-state index is 0.264. The number of rotatable bonds is 7. The van der Waals surface area contributed by atoms with E-state index in [1.807, 2.05) is 0 Å². The average Bonchev–Trinajstić information content (AvgIpc) is 2.38. The van der Waals surface area contributed by atoms with Gasteiger partial charge in [0.1, 0.15) is 0 Å². The topological polar surface area (TPSA) is 29.3 Å². The molecule has 0 aliphatic heterocycles. The fourth-order valence-corrected chi connectivity index (χ4v) is 1.79. The van der Waals surface area contributed by atoms with E-state index in [0.29, 0.717) is 0 Å². The summed E-state index contributed by atoms with van der Waals surface area (Å²) in [6, 6.07) is 12.3. The lowest BCUT2D eigenvalue weighted by Crippen LogP contribution is -2.38. The average molecular weight is 233 g/mol. The summed E-state index contributed by atoms with van der Waals surface area (Å²) in [5.74, 6) is 0. The third-order valence-corrected chi connectivity index (χ3v) is 3.25. The van der Waals surface area contributed by atoms with Gasteiger partial charge in [0.05, 0.1) is 0 Å². The number of hydrogen-bond donors (Lipinski definition) is 1. The second kappa shape index (κ2) is 7.46. The second-order valence-electron chi connectivity index (χ2n) is 4.62. The van der Waals surface area contributed by atoms with Crippen LogP contribution in [0.5, 0.6) is 0 Å². The van der Waals surface area contributed by atoms with E-state index in [-0.39, 0.29) is 6.04 Å². The van der Waals surface area contributed by atoms with Crippen molar-refractivity contribution in [2.24, 2.45) is 5.73 Å².